The van der Waals surface area contributed by atoms with E-state index < -0.39 is 0 Å². The van der Waals surface area contributed by atoms with Crippen LogP contribution in [0.15, 0.2) is 22.5 Å². The van der Waals surface area contributed by atoms with Crippen LogP contribution < -0.4 is 10.6 Å². The van der Waals surface area contributed by atoms with Crippen LogP contribution in [0.2, 0.25) is 0 Å². The van der Waals surface area contributed by atoms with Gasteiger partial charge in [-0.05, 0) is 37.8 Å². The summed E-state index contributed by atoms with van der Waals surface area (Å²) >= 11 is 1.76. The van der Waals surface area contributed by atoms with Crippen LogP contribution in [-0.4, -0.2) is 43.1 Å². The lowest BCUT2D eigenvalue weighted by Crippen LogP contribution is -2.42. The molecule has 1 saturated carbocycles. The van der Waals surface area contributed by atoms with Gasteiger partial charge in [0, 0.05) is 30.6 Å². The van der Waals surface area contributed by atoms with Crippen molar-refractivity contribution in [2.75, 3.05) is 26.2 Å². The van der Waals surface area contributed by atoms with Crippen LogP contribution in [0.25, 0.3) is 0 Å². The van der Waals surface area contributed by atoms with Gasteiger partial charge < -0.3 is 10.6 Å². The van der Waals surface area contributed by atoms with Gasteiger partial charge in [-0.25, -0.2) is 4.99 Å². The fourth-order valence-electron chi connectivity index (χ4n) is 2.26. The van der Waals surface area contributed by atoms with Crippen molar-refractivity contribution >= 4 is 17.3 Å². The quantitative estimate of drug-likeness (QED) is 0.571. The molecule has 1 fully saturated rings. The molecule has 4 nitrogen and oxygen atoms in total. The molecular formula is C15H26N4S. The summed E-state index contributed by atoms with van der Waals surface area (Å²) in [7, 11) is 0. The zero-order chi connectivity index (χ0) is 14.2. The second kappa shape index (κ2) is 8.27. The molecule has 1 aliphatic carbocycles. The molecule has 1 aromatic rings. The van der Waals surface area contributed by atoms with Crippen molar-refractivity contribution in [1.82, 2.24) is 15.5 Å². The van der Waals surface area contributed by atoms with E-state index in [0.29, 0.717) is 0 Å². The highest BCUT2D eigenvalue weighted by Crippen LogP contribution is 2.25. The van der Waals surface area contributed by atoms with E-state index in [0.717, 1.165) is 44.7 Å². The molecule has 0 atom stereocenters. The van der Waals surface area contributed by atoms with E-state index in [4.69, 9.17) is 0 Å². The number of nitrogens with zero attached hydrogens (tertiary/aromatic N) is 2. The summed E-state index contributed by atoms with van der Waals surface area (Å²) in [6.45, 7) is 9.21. The lowest BCUT2D eigenvalue weighted by Gasteiger charge is -2.20. The number of rotatable bonds is 8. The molecule has 0 spiro atoms. The Balaban J connectivity index is 1.74. The van der Waals surface area contributed by atoms with Crippen molar-refractivity contribution in [2.24, 2.45) is 4.99 Å². The van der Waals surface area contributed by atoms with Crippen LogP contribution in [0.5, 0.6) is 0 Å². The number of hydrogen-bond acceptors (Lipinski definition) is 3. The predicted molar refractivity (Wildman–Crippen MR) is 87.4 cm³/mol. The van der Waals surface area contributed by atoms with E-state index in [1.54, 1.807) is 11.3 Å². The Morgan fingerprint density at radius 2 is 2.25 bits per heavy atom. The molecule has 2 rings (SSSR count). The van der Waals surface area contributed by atoms with Crippen molar-refractivity contribution in [2.45, 2.75) is 39.3 Å². The van der Waals surface area contributed by atoms with Crippen LogP contribution >= 0.6 is 11.3 Å². The van der Waals surface area contributed by atoms with Crippen molar-refractivity contribution < 1.29 is 0 Å². The monoisotopic (exact) mass is 294 g/mol. The van der Waals surface area contributed by atoms with E-state index in [-0.39, 0.29) is 0 Å². The molecule has 5 heteroatoms. The van der Waals surface area contributed by atoms with Crippen LogP contribution in [0.4, 0.5) is 0 Å². The Bertz CT molecular complexity index is 398. The highest BCUT2D eigenvalue weighted by atomic mass is 32.1. The second-order valence-electron chi connectivity index (χ2n) is 5.06. The summed E-state index contributed by atoms with van der Waals surface area (Å²) in [5.74, 6) is 0.924. The summed E-state index contributed by atoms with van der Waals surface area (Å²) in [6, 6.07) is 5.04. The summed E-state index contributed by atoms with van der Waals surface area (Å²) < 4.78 is 0. The smallest absolute Gasteiger partial charge is 0.191 e. The third-order valence-corrected chi connectivity index (χ3v) is 4.34. The van der Waals surface area contributed by atoms with Gasteiger partial charge in [0.25, 0.3) is 0 Å². The molecule has 0 aliphatic heterocycles. The van der Waals surface area contributed by atoms with Gasteiger partial charge >= 0.3 is 0 Å². The first-order valence-corrected chi connectivity index (χ1v) is 8.50. The number of nitrogens with one attached hydrogen (secondary N) is 2. The first-order valence-electron chi connectivity index (χ1n) is 7.62. The molecule has 20 heavy (non-hydrogen) atoms. The van der Waals surface area contributed by atoms with Gasteiger partial charge in [-0.15, -0.1) is 11.3 Å². The maximum atomic E-state index is 4.63. The Morgan fingerprint density at radius 3 is 2.85 bits per heavy atom. The Morgan fingerprint density at radius 1 is 1.40 bits per heavy atom. The van der Waals surface area contributed by atoms with Gasteiger partial charge in [-0.2, -0.15) is 0 Å². The maximum absolute atomic E-state index is 4.63. The van der Waals surface area contributed by atoms with Crippen LogP contribution in [0.1, 0.15) is 31.6 Å². The number of hydrogen-bond donors (Lipinski definition) is 2. The van der Waals surface area contributed by atoms with E-state index in [1.807, 2.05) is 0 Å². The van der Waals surface area contributed by atoms with Crippen LogP contribution in [0.3, 0.4) is 0 Å². The van der Waals surface area contributed by atoms with Crippen molar-refractivity contribution in [3.63, 3.8) is 0 Å². The fraction of sp³-hybridized carbons (Fsp3) is 0.667. The van der Waals surface area contributed by atoms with Crippen molar-refractivity contribution in [1.29, 1.82) is 0 Å². The van der Waals surface area contributed by atoms with Gasteiger partial charge in [0.05, 0.1) is 6.54 Å². The molecule has 0 saturated heterocycles. The minimum atomic E-state index is 0.757. The average molecular weight is 294 g/mol. The standard InChI is InChI=1S/C15H26N4S/c1-3-16-15(18-12-14-6-5-11-20-14)17-9-10-19(4-2)13-7-8-13/h5-6,11,13H,3-4,7-10,12H2,1-2H3,(H2,16,17,18). The molecule has 112 valence electrons. The SMILES string of the molecule is CCNC(=NCc1cccs1)NCCN(CC)C1CC1. The molecule has 1 aromatic heterocycles. The minimum absolute atomic E-state index is 0.757. The lowest BCUT2D eigenvalue weighted by atomic mass is 10.4. The number of aliphatic imine (C=N–C) groups is 1. The molecular weight excluding hydrogens is 268 g/mol. The molecule has 0 unspecified atom stereocenters. The zero-order valence-electron chi connectivity index (χ0n) is 12.6. The summed E-state index contributed by atoms with van der Waals surface area (Å²) in [6.07, 6.45) is 2.75. The molecule has 0 aromatic carbocycles. The molecule has 1 heterocycles. The van der Waals surface area contributed by atoms with Gasteiger partial charge in [-0.3, -0.25) is 4.90 Å². The van der Waals surface area contributed by atoms with E-state index >= 15 is 0 Å². The van der Waals surface area contributed by atoms with Gasteiger partial charge in [-0.1, -0.05) is 13.0 Å². The third-order valence-electron chi connectivity index (χ3n) is 3.48. The first-order chi connectivity index (χ1) is 9.83. The Labute approximate surface area is 126 Å². The normalized spacial score (nSPS) is 15.7. The Kier molecular flexibility index (Phi) is 6.33. The van der Waals surface area contributed by atoms with Gasteiger partial charge in [0.2, 0.25) is 0 Å². The van der Waals surface area contributed by atoms with Crippen molar-refractivity contribution in [3.8, 4) is 0 Å². The van der Waals surface area contributed by atoms with E-state index in [2.05, 4.69) is 51.9 Å². The topological polar surface area (TPSA) is 39.7 Å². The Hall–Kier alpha value is -1.07. The lowest BCUT2D eigenvalue weighted by molar-refractivity contribution is 0.282. The largest absolute Gasteiger partial charge is 0.357 e. The van der Waals surface area contributed by atoms with E-state index in [9.17, 15) is 0 Å². The highest BCUT2D eigenvalue weighted by Gasteiger charge is 2.27. The van der Waals surface area contributed by atoms with Crippen LogP contribution in [0, 0.1) is 0 Å². The minimum Gasteiger partial charge on any atom is -0.357 e. The van der Waals surface area contributed by atoms with Crippen LogP contribution in [-0.2, 0) is 6.54 Å². The third kappa shape index (κ3) is 5.13. The molecule has 2 N–H and O–H groups in total. The predicted octanol–water partition coefficient (Wildman–Crippen LogP) is 2.29. The molecule has 0 bridgehead atoms. The first kappa shape index (κ1) is 15.3. The summed E-state index contributed by atoms with van der Waals surface area (Å²) in [4.78, 5) is 8.48. The van der Waals surface area contributed by atoms with Gasteiger partial charge in [0.1, 0.15) is 0 Å². The summed E-state index contributed by atoms with van der Waals surface area (Å²) in [5.41, 5.74) is 0. The summed E-state index contributed by atoms with van der Waals surface area (Å²) in [5, 5.41) is 8.84. The molecule has 1 aliphatic rings. The second-order valence-corrected chi connectivity index (χ2v) is 6.09. The number of thiophene rings is 1. The number of likely N-dealkylation sites (N-methyl/N-ethyl adjacent to an activating group) is 1. The highest BCUT2D eigenvalue weighted by molar-refractivity contribution is 7.09. The van der Waals surface area contributed by atoms with Crippen molar-refractivity contribution in [3.05, 3.63) is 22.4 Å². The number of guanidine groups is 1. The zero-order valence-corrected chi connectivity index (χ0v) is 13.4. The maximum Gasteiger partial charge on any atom is 0.191 e. The van der Waals surface area contributed by atoms with E-state index in [1.165, 1.54) is 17.7 Å². The van der Waals surface area contributed by atoms with Gasteiger partial charge in [0.15, 0.2) is 5.96 Å². The fourth-order valence-corrected chi connectivity index (χ4v) is 2.89. The molecule has 0 radical (unpaired) electrons. The average Bonchev–Trinajstić information content (AvgIpc) is 3.16. The molecule has 0 amide bonds.